The molecular formula is C13H19FN2O2. The van der Waals surface area contributed by atoms with E-state index in [1.165, 1.54) is 12.1 Å². The average Bonchev–Trinajstić information content (AvgIpc) is 2.31. The third-order valence-electron chi connectivity index (χ3n) is 2.48. The Morgan fingerprint density at radius 2 is 2.28 bits per heavy atom. The van der Waals surface area contributed by atoms with Gasteiger partial charge in [-0.2, -0.15) is 0 Å². The molecule has 1 unspecified atom stereocenters. The van der Waals surface area contributed by atoms with Crippen molar-refractivity contribution in [1.82, 2.24) is 0 Å². The van der Waals surface area contributed by atoms with E-state index in [2.05, 4.69) is 12.2 Å². The number of carbonyl (C=O) groups is 1. The maximum absolute atomic E-state index is 12.8. The van der Waals surface area contributed by atoms with Gasteiger partial charge in [0.2, 0.25) is 5.91 Å². The summed E-state index contributed by atoms with van der Waals surface area (Å²) in [5, 5.41) is 2.58. The molecule has 0 bridgehead atoms. The summed E-state index contributed by atoms with van der Waals surface area (Å²) in [4.78, 5) is 11.6. The number of nitrogen functional groups attached to an aromatic ring is 1. The number of rotatable bonds is 6. The van der Waals surface area contributed by atoms with Crippen LogP contribution in [0.2, 0.25) is 0 Å². The molecule has 0 aromatic heterocycles. The molecule has 0 aliphatic carbocycles. The predicted octanol–water partition coefficient (Wildman–Crippen LogP) is 2.55. The van der Waals surface area contributed by atoms with E-state index < -0.39 is 5.82 Å². The first-order valence-corrected chi connectivity index (χ1v) is 5.99. The molecule has 1 aromatic carbocycles. The molecule has 4 nitrogen and oxygen atoms in total. The Kier molecular flexibility index (Phi) is 5.58. The van der Waals surface area contributed by atoms with Gasteiger partial charge < -0.3 is 15.8 Å². The Bertz CT molecular complexity index is 410. The van der Waals surface area contributed by atoms with Gasteiger partial charge in [-0.05, 0) is 31.5 Å². The lowest BCUT2D eigenvalue weighted by Gasteiger charge is -2.12. The minimum atomic E-state index is -0.432. The minimum absolute atomic E-state index is 0.0298. The molecule has 18 heavy (non-hydrogen) atoms. The van der Waals surface area contributed by atoms with Gasteiger partial charge in [-0.1, -0.05) is 13.3 Å². The number of carbonyl (C=O) groups excluding carboxylic acids is 1. The maximum Gasteiger partial charge on any atom is 0.250 e. The summed E-state index contributed by atoms with van der Waals surface area (Å²) in [5.41, 5.74) is 6.17. The van der Waals surface area contributed by atoms with E-state index in [4.69, 9.17) is 10.5 Å². The van der Waals surface area contributed by atoms with Crippen LogP contribution in [0.3, 0.4) is 0 Å². The molecule has 0 spiro atoms. The number of ether oxygens (including phenoxy) is 1. The maximum atomic E-state index is 12.8. The fourth-order valence-corrected chi connectivity index (χ4v) is 1.54. The van der Waals surface area contributed by atoms with Crippen LogP contribution < -0.4 is 11.1 Å². The van der Waals surface area contributed by atoms with Crippen LogP contribution in [-0.4, -0.2) is 18.6 Å². The summed E-state index contributed by atoms with van der Waals surface area (Å²) >= 11 is 0. The lowest BCUT2D eigenvalue weighted by Crippen LogP contribution is -2.22. The molecule has 0 fully saturated rings. The van der Waals surface area contributed by atoms with Crippen molar-refractivity contribution >= 4 is 17.3 Å². The first kappa shape index (κ1) is 14.4. The zero-order chi connectivity index (χ0) is 13.5. The Morgan fingerprint density at radius 1 is 1.56 bits per heavy atom. The van der Waals surface area contributed by atoms with E-state index in [0.717, 1.165) is 18.9 Å². The van der Waals surface area contributed by atoms with Gasteiger partial charge in [0.05, 0.1) is 17.5 Å². The summed E-state index contributed by atoms with van der Waals surface area (Å²) < 4.78 is 18.2. The molecule has 3 N–H and O–H groups in total. The molecule has 0 aliphatic rings. The van der Waals surface area contributed by atoms with Crippen molar-refractivity contribution < 1.29 is 13.9 Å². The quantitative estimate of drug-likeness (QED) is 0.767. The molecule has 0 heterocycles. The molecule has 1 aromatic rings. The SMILES string of the molecule is CCCC(C)OCC(=O)Nc1ccc(F)cc1N. The highest BCUT2D eigenvalue weighted by molar-refractivity contribution is 5.94. The highest BCUT2D eigenvalue weighted by Crippen LogP contribution is 2.18. The molecule has 1 atom stereocenters. The molecule has 1 amide bonds. The molecule has 5 heteroatoms. The van der Waals surface area contributed by atoms with Crippen LogP contribution >= 0.6 is 0 Å². The monoisotopic (exact) mass is 254 g/mol. The van der Waals surface area contributed by atoms with E-state index in [1.807, 2.05) is 6.92 Å². The Labute approximate surface area is 106 Å². The van der Waals surface area contributed by atoms with Gasteiger partial charge in [0.15, 0.2) is 0 Å². The molecule has 1 rings (SSSR count). The summed E-state index contributed by atoms with van der Waals surface area (Å²) in [6.45, 7) is 3.94. The fourth-order valence-electron chi connectivity index (χ4n) is 1.54. The number of hydrogen-bond donors (Lipinski definition) is 2. The number of hydrogen-bond acceptors (Lipinski definition) is 3. The third-order valence-corrected chi connectivity index (χ3v) is 2.48. The van der Waals surface area contributed by atoms with Crippen LogP contribution in [-0.2, 0) is 9.53 Å². The summed E-state index contributed by atoms with van der Waals surface area (Å²) in [7, 11) is 0. The van der Waals surface area contributed by atoms with Crippen molar-refractivity contribution in [3.63, 3.8) is 0 Å². The van der Waals surface area contributed by atoms with Crippen LogP contribution in [0.25, 0.3) is 0 Å². The molecule has 0 aliphatic heterocycles. The molecule has 0 saturated heterocycles. The topological polar surface area (TPSA) is 64.3 Å². The van der Waals surface area contributed by atoms with Gasteiger partial charge in [-0.3, -0.25) is 4.79 Å². The lowest BCUT2D eigenvalue weighted by atomic mass is 10.2. The number of benzene rings is 1. The highest BCUT2D eigenvalue weighted by Gasteiger charge is 2.08. The second kappa shape index (κ2) is 6.96. The van der Waals surface area contributed by atoms with Gasteiger partial charge in [0.25, 0.3) is 0 Å². The van der Waals surface area contributed by atoms with Crippen molar-refractivity contribution in [1.29, 1.82) is 0 Å². The summed E-state index contributed by atoms with van der Waals surface area (Å²) in [6.07, 6.45) is 1.96. The second-order valence-electron chi connectivity index (χ2n) is 4.19. The van der Waals surface area contributed by atoms with Crippen LogP contribution in [0.4, 0.5) is 15.8 Å². The molecule has 0 radical (unpaired) electrons. The number of amides is 1. The Morgan fingerprint density at radius 3 is 2.89 bits per heavy atom. The highest BCUT2D eigenvalue weighted by atomic mass is 19.1. The predicted molar refractivity (Wildman–Crippen MR) is 69.8 cm³/mol. The summed E-state index contributed by atoms with van der Waals surface area (Å²) in [5.74, 6) is -0.727. The van der Waals surface area contributed by atoms with Gasteiger partial charge in [-0.25, -0.2) is 4.39 Å². The van der Waals surface area contributed by atoms with Crippen molar-refractivity contribution in [2.75, 3.05) is 17.7 Å². The van der Waals surface area contributed by atoms with Crippen molar-refractivity contribution in [3.8, 4) is 0 Å². The number of nitrogens with one attached hydrogen (secondary N) is 1. The largest absolute Gasteiger partial charge is 0.397 e. The average molecular weight is 254 g/mol. The van der Waals surface area contributed by atoms with Gasteiger partial charge in [-0.15, -0.1) is 0 Å². The number of anilines is 2. The minimum Gasteiger partial charge on any atom is -0.397 e. The van der Waals surface area contributed by atoms with Gasteiger partial charge in [0.1, 0.15) is 12.4 Å². The van der Waals surface area contributed by atoms with E-state index in [1.54, 1.807) is 0 Å². The molecular weight excluding hydrogens is 235 g/mol. The molecule has 100 valence electrons. The van der Waals surface area contributed by atoms with Crippen LogP contribution in [0, 0.1) is 5.82 Å². The third kappa shape index (κ3) is 4.71. The standard InChI is InChI=1S/C13H19FN2O2/c1-3-4-9(2)18-8-13(17)16-12-6-5-10(14)7-11(12)15/h5-7,9H,3-4,8,15H2,1-2H3,(H,16,17). The lowest BCUT2D eigenvalue weighted by molar-refractivity contribution is -0.122. The smallest absolute Gasteiger partial charge is 0.250 e. The first-order valence-electron chi connectivity index (χ1n) is 5.99. The second-order valence-corrected chi connectivity index (χ2v) is 4.19. The van der Waals surface area contributed by atoms with E-state index in [-0.39, 0.29) is 24.3 Å². The fraction of sp³-hybridized carbons (Fsp3) is 0.462. The van der Waals surface area contributed by atoms with Crippen LogP contribution in [0.15, 0.2) is 18.2 Å². The van der Waals surface area contributed by atoms with Crippen LogP contribution in [0.1, 0.15) is 26.7 Å². The zero-order valence-corrected chi connectivity index (χ0v) is 10.7. The van der Waals surface area contributed by atoms with Gasteiger partial charge in [0, 0.05) is 0 Å². The Balaban J connectivity index is 2.44. The van der Waals surface area contributed by atoms with Crippen molar-refractivity contribution in [3.05, 3.63) is 24.0 Å². The van der Waals surface area contributed by atoms with Crippen LogP contribution in [0.5, 0.6) is 0 Å². The Hall–Kier alpha value is -1.62. The first-order chi connectivity index (χ1) is 8.52. The van der Waals surface area contributed by atoms with E-state index in [0.29, 0.717) is 5.69 Å². The normalized spacial score (nSPS) is 12.2. The molecule has 0 saturated carbocycles. The van der Waals surface area contributed by atoms with Gasteiger partial charge >= 0.3 is 0 Å². The number of halogens is 1. The van der Waals surface area contributed by atoms with Crippen molar-refractivity contribution in [2.24, 2.45) is 0 Å². The number of nitrogens with two attached hydrogens (primary N) is 1. The summed E-state index contributed by atoms with van der Waals surface area (Å²) in [6, 6.07) is 3.83. The van der Waals surface area contributed by atoms with Crippen molar-refractivity contribution in [2.45, 2.75) is 32.8 Å². The van der Waals surface area contributed by atoms with E-state index in [9.17, 15) is 9.18 Å². The zero-order valence-electron chi connectivity index (χ0n) is 10.7. The van der Waals surface area contributed by atoms with E-state index >= 15 is 0 Å².